The van der Waals surface area contributed by atoms with Crippen molar-refractivity contribution in [2.45, 2.75) is 38.6 Å². The molecule has 0 spiro atoms. The van der Waals surface area contributed by atoms with Crippen molar-refractivity contribution in [3.63, 3.8) is 0 Å². The number of piperidine rings is 1. The van der Waals surface area contributed by atoms with E-state index in [0.29, 0.717) is 6.04 Å². The summed E-state index contributed by atoms with van der Waals surface area (Å²) < 4.78 is 0. The van der Waals surface area contributed by atoms with Crippen LogP contribution in [0.3, 0.4) is 0 Å². The first-order valence-electron chi connectivity index (χ1n) is 6.24. The first-order valence-corrected chi connectivity index (χ1v) is 6.24. The molecule has 1 N–H and O–H groups in total. The molecule has 1 fully saturated rings. The fourth-order valence-electron chi connectivity index (χ4n) is 2.35. The molecule has 1 heterocycles. The van der Waals surface area contributed by atoms with Crippen molar-refractivity contribution in [3.8, 4) is 0 Å². The van der Waals surface area contributed by atoms with E-state index in [1.165, 1.54) is 36.9 Å². The summed E-state index contributed by atoms with van der Waals surface area (Å²) in [6.07, 6.45) is 5.18. The van der Waals surface area contributed by atoms with Crippen molar-refractivity contribution < 1.29 is 0 Å². The van der Waals surface area contributed by atoms with Crippen LogP contribution in [0.25, 0.3) is 5.57 Å². The van der Waals surface area contributed by atoms with Crippen LogP contribution in [-0.2, 0) is 6.42 Å². The highest BCUT2D eigenvalue weighted by Gasteiger charge is 2.12. The van der Waals surface area contributed by atoms with Gasteiger partial charge < -0.3 is 5.32 Å². The average Bonchev–Trinajstić information content (AvgIpc) is 2.30. The van der Waals surface area contributed by atoms with Crippen molar-refractivity contribution in [3.05, 3.63) is 42.0 Å². The fourth-order valence-corrected chi connectivity index (χ4v) is 2.35. The molecule has 0 radical (unpaired) electrons. The molecule has 1 aromatic carbocycles. The van der Waals surface area contributed by atoms with Crippen LogP contribution in [0.5, 0.6) is 0 Å². The lowest BCUT2D eigenvalue weighted by Crippen LogP contribution is -2.35. The molecule has 86 valence electrons. The molecule has 2 rings (SSSR count). The Morgan fingerprint density at radius 3 is 3.00 bits per heavy atom. The first-order chi connectivity index (χ1) is 7.75. The molecule has 1 unspecified atom stereocenters. The van der Waals surface area contributed by atoms with Crippen LogP contribution in [0.4, 0.5) is 0 Å². The number of hydrogen-bond donors (Lipinski definition) is 1. The van der Waals surface area contributed by atoms with E-state index in [1.54, 1.807) is 0 Å². The van der Waals surface area contributed by atoms with E-state index >= 15 is 0 Å². The Kier molecular flexibility index (Phi) is 3.79. The summed E-state index contributed by atoms with van der Waals surface area (Å²) in [6, 6.07) is 9.46. The van der Waals surface area contributed by atoms with Crippen molar-refractivity contribution in [2.75, 3.05) is 6.54 Å². The van der Waals surface area contributed by atoms with E-state index in [2.05, 4.69) is 43.1 Å². The number of allylic oxidation sites excluding steroid dienone is 1. The Morgan fingerprint density at radius 1 is 1.44 bits per heavy atom. The number of rotatable bonds is 3. The van der Waals surface area contributed by atoms with Crippen LogP contribution in [0.2, 0.25) is 0 Å². The minimum absolute atomic E-state index is 0.675. The van der Waals surface area contributed by atoms with Gasteiger partial charge in [-0.05, 0) is 43.9 Å². The highest BCUT2D eigenvalue weighted by molar-refractivity contribution is 5.61. The van der Waals surface area contributed by atoms with Gasteiger partial charge in [-0.15, -0.1) is 0 Å². The van der Waals surface area contributed by atoms with Gasteiger partial charge in [0.25, 0.3) is 0 Å². The smallest absolute Gasteiger partial charge is 0.0107 e. The van der Waals surface area contributed by atoms with Crippen molar-refractivity contribution >= 4 is 5.57 Å². The zero-order chi connectivity index (χ0) is 11.4. The third kappa shape index (κ3) is 2.96. The van der Waals surface area contributed by atoms with Crippen LogP contribution in [0.1, 0.15) is 37.3 Å². The van der Waals surface area contributed by atoms with Crippen LogP contribution >= 0.6 is 0 Å². The van der Waals surface area contributed by atoms with Gasteiger partial charge in [-0.25, -0.2) is 0 Å². The summed E-state index contributed by atoms with van der Waals surface area (Å²) in [5.41, 5.74) is 3.85. The predicted octanol–water partition coefficient (Wildman–Crippen LogP) is 3.40. The van der Waals surface area contributed by atoms with Gasteiger partial charge in [-0.2, -0.15) is 0 Å². The van der Waals surface area contributed by atoms with Gasteiger partial charge in [0.1, 0.15) is 0 Å². The first kappa shape index (κ1) is 11.4. The van der Waals surface area contributed by atoms with Gasteiger partial charge >= 0.3 is 0 Å². The SMILES string of the molecule is C=C(C)c1cccc(CC2CCCCN2)c1. The third-order valence-corrected chi connectivity index (χ3v) is 3.31. The van der Waals surface area contributed by atoms with Crippen molar-refractivity contribution in [1.29, 1.82) is 0 Å². The third-order valence-electron chi connectivity index (χ3n) is 3.31. The predicted molar refractivity (Wildman–Crippen MR) is 70.5 cm³/mol. The quantitative estimate of drug-likeness (QED) is 0.815. The Hall–Kier alpha value is -1.08. The summed E-state index contributed by atoms with van der Waals surface area (Å²) >= 11 is 0. The second-order valence-electron chi connectivity index (χ2n) is 4.83. The molecule has 1 aliphatic heterocycles. The molecule has 1 heteroatoms. The second-order valence-corrected chi connectivity index (χ2v) is 4.83. The zero-order valence-electron chi connectivity index (χ0n) is 10.1. The number of hydrogen-bond acceptors (Lipinski definition) is 1. The van der Waals surface area contributed by atoms with E-state index in [-0.39, 0.29) is 0 Å². The lowest BCUT2D eigenvalue weighted by Gasteiger charge is -2.23. The summed E-state index contributed by atoms with van der Waals surface area (Å²) in [5, 5.41) is 3.59. The lowest BCUT2D eigenvalue weighted by atomic mass is 9.96. The monoisotopic (exact) mass is 215 g/mol. The van der Waals surface area contributed by atoms with Crippen LogP contribution in [0, 0.1) is 0 Å². The molecule has 0 aliphatic carbocycles. The minimum atomic E-state index is 0.675. The molecule has 1 atom stereocenters. The van der Waals surface area contributed by atoms with Gasteiger partial charge in [-0.1, -0.05) is 42.8 Å². The molecule has 1 aromatic rings. The summed E-state index contributed by atoms with van der Waals surface area (Å²) in [4.78, 5) is 0. The molecule has 16 heavy (non-hydrogen) atoms. The molecular weight excluding hydrogens is 194 g/mol. The maximum absolute atomic E-state index is 4.00. The molecule has 1 aliphatic rings. The molecule has 0 amide bonds. The highest BCUT2D eigenvalue weighted by atomic mass is 14.9. The topological polar surface area (TPSA) is 12.0 Å². The standard InChI is InChI=1S/C15H21N/c1-12(2)14-7-5-6-13(10-14)11-15-8-3-4-9-16-15/h5-7,10,15-16H,1,3-4,8-9,11H2,2H3. The maximum atomic E-state index is 4.00. The second kappa shape index (κ2) is 5.31. The Morgan fingerprint density at radius 2 is 2.31 bits per heavy atom. The molecule has 0 saturated carbocycles. The maximum Gasteiger partial charge on any atom is 0.0107 e. The Bertz CT molecular complexity index is 361. The highest BCUT2D eigenvalue weighted by Crippen LogP contribution is 2.17. The Balaban J connectivity index is 2.02. The summed E-state index contributed by atoms with van der Waals surface area (Å²) in [5.74, 6) is 0. The molecule has 1 saturated heterocycles. The van der Waals surface area contributed by atoms with E-state index in [1.807, 2.05) is 0 Å². The Labute approximate surface area is 98.6 Å². The van der Waals surface area contributed by atoms with Gasteiger partial charge in [0.05, 0.1) is 0 Å². The van der Waals surface area contributed by atoms with Crippen LogP contribution < -0.4 is 5.32 Å². The average molecular weight is 215 g/mol. The summed E-state index contributed by atoms with van der Waals surface area (Å²) in [6.45, 7) is 7.25. The molecule has 0 aromatic heterocycles. The van der Waals surface area contributed by atoms with Gasteiger partial charge in [0, 0.05) is 6.04 Å². The summed E-state index contributed by atoms with van der Waals surface area (Å²) in [7, 11) is 0. The molecule has 0 bridgehead atoms. The van der Waals surface area contributed by atoms with Crippen LogP contribution in [0.15, 0.2) is 30.8 Å². The van der Waals surface area contributed by atoms with Gasteiger partial charge in [-0.3, -0.25) is 0 Å². The van der Waals surface area contributed by atoms with Crippen molar-refractivity contribution in [1.82, 2.24) is 5.32 Å². The van der Waals surface area contributed by atoms with E-state index in [0.717, 1.165) is 12.0 Å². The lowest BCUT2D eigenvalue weighted by molar-refractivity contribution is 0.399. The van der Waals surface area contributed by atoms with E-state index < -0.39 is 0 Å². The minimum Gasteiger partial charge on any atom is -0.314 e. The number of benzene rings is 1. The molecule has 1 nitrogen and oxygen atoms in total. The van der Waals surface area contributed by atoms with Gasteiger partial charge in [0.15, 0.2) is 0 Å². The van der Waals surface area contributed by atoms with Gasteiger partial charge in [0.2, 0.25) is 0 Å². The number of nitrogens with one attached hydrogen (secondary N) is 1. The van der Waals surface area contributed by atoms with E-state index in [9.17, 15) is 0 Å². The molecular formula is C15H21N. The zero-order valence-corrected chi connectivity index (χ0v) is 10.1. The fraction of sp³-hybridized carbons (Fsp3) is 0.467. The largest absolute Gasteiger partial charge is 0.314 e. The normalized spacial score (nSPS) is 20.7. The van der Waals surface area contributed by atoms with E-state index in [4.69, 9.17) is 0 Å². The van der Waals surface area contributed by atoms with Crippen molar-refractivity contribution in [2.24, 2.45) is 0 Å². The van der Waals surface area contributed by atoms with Crippen LogP contribution in [-0.4, -0.2) is 12.6 Å².